The fourth-order valence-corrected chi connectivity index (χ4v) is 12.2. The molecule has 0 radical (unpaired) electrons. The smallest absolute Gasteiger partial charge is 0.212 e. The Kier molecular flexibility index (Phi) is 11.3. The highest BCUT2D eigenvalue weighted by Gasteiger charge is 2.25. The quantitative estimate of drug-likeness (QED) is 0.142. The number of hydrogen-bond acceptors (Lipinski definition) is 0. The number of fused-ring (bicyclic) bond motifs is 6. The maximum atomic E-state index is 9.22. The van der Waals surface area contributed by atoms with E-state index in [-0.39, 0.29) is 0 Å². The van der Waals surface area contributed by atoms with Gasteiger partial charge in [-0.15, -0.1) is 0 Å². The van der Waals surface area contributed by atoms with Crippen LogP contribution in [0.15, 0.2) is 176 Å². The third-order valence-corrected chi connectivity index (χ3v) is 15.1. The van der Waals surface area contributed by atoms with Gasteiger partial charge in [-0.2, -0.15) is 0 Å². The summed E-state index contributed by atoms with van der Waals surface area (Å²) in [6, 6.07) is 64.5. The Bertz CT molecular complexity index is 4180. The van der Waals surface area contributed by atoms with Crippen LogP contribution in [-0.2, 0) is 0 Å². The molecule has 4 heteroatoms. The third-order valence-electron chi connectivity index (χ3n) is 15.1. The second-order valence-electron chi connectivity index (χ2n) is 21.2. The molecule has 12 aromatic rings. The fraction of sp³-hybridized carbons (Fsp3) is 0.127. The normalized spacial score (nSPS) is 11.5. The predicted molar refractivity (Wildman–Crippen MR) is 317 cm³/mol. The molecule has 360 valence electrons. The zero-order chi connectivity index (χ0) is 52.0. The Labute approximate surface area is 440 Å². The largest absolute Gasteiger partial charge is 0.319 e. The lowest BCUT2D eigenvalue weighted by molar-refractivity contribution is 1.15. The van der Waals surface area contributed by atoms with Gasteiger partial charge < -0.3 is 9.13 Å². The Balaban J connectivity index is 1.23. The van der Waals surface area contributed by atoms with Crippen LogP contribution in [-0.4, -0.2) is 9.13 Å². The van der Waals surface area contributed by atoms with Crippen LogP contribution in [0, 0.1) is 75.5 Å². The summed E-state index contributed by atoms with van der Waals surface area (Å²) in [5.74, 6) is 0. The maximum Gasteiger partial charge on any atom is 0.212 e. The van der Waals surface area contributed by atoms with Gasteiger partial charge in [0.15, 0.2) is 5.69 Å². The van der Waals surface area contributed by atoms with E-state index in [1.807, 2.05) is 12.1 Å². The van der Waals surface area contributed by atoms with E-state index in [1.54, 1.807) is 0 Å². The molecule has 4 nitrogen and oxygen atoms in total. The number of aromatic nitrogens is 2. The zero-order valence-corrected chi connectivity index (χ0v) is 44.0. The highest BCUT2D eigenvalue weighted by Crippen LogP contribution is 2.48. The molecule has 0 fully saturated rings. The predicted octanol–water partition coefficient (Wildman–Crippen LogP) is 20.1. The van der Waals surface area contributed by atoms with Crippen molar-refractivity contribution in [3.05, 3.63) is 249 Å². The van der Waals surface area contributed by atoms with Crippen molar-refractivity contribution in [1.29, 1.82) is 0 Å². The van der Waals surface area contributed by atoms with Crippen molar-refractivity contribution >= 4 is 55.0 Å². The van der Waals surface area contributed by atoms with Crippen LogP contribution < -0.4 is 0 Å². The van der Waals surface area contributed by atoms with E-state index in [0.717, 1.165) is 116 Å². The lowest BCUT2D eigenvalue weighted by Crippen LogP contribution is -2.02. The number of rotatable bonds is 7. The highest BCUT2D eigenvalue weighted by atomic mass is 15.0. The second kappa shape index (κ2) is 18.1. The van der Waals surface area contributed by atoms with Gasteiger partial charge in [0, 0.05) is 27.2 Å². The SMILES string of the molecule is [C-]#[N+]c1cc(-n2c3cc(-c4cc(C)cc(C)c4)ccc3c3ccc(-c4cc(C)cc(C)c4)cc32)c(-c2c(C)cccc2[N+]#[C-])cc1-n1c2cc(-c3cc(C)cc(C)c3)ccc2c2ccc(-c3cc(C)cc(C)c3)cc21. The van der Waals surface area contributed by atoms with E-state index in [1.165, 1.54) is 44.5 Å². The summed E-state index contributed by atoms with van der Waals surface area (Å²) in [5, 5.41) is 4.43. The Morgan fingerprint density at radius 1 is 0.293 bits per heavy atom. The molecule has 0 bridgehead atoms. The lowest BCUT2D eigenvalue weighted by Gasteiger charge is -2.21. The molecular weight excluding hydrogens is 909 g/mol. The summed E-state index contributed by atoms with van der Waals surface area (Å²) in [7, 11) is 0. The average Bonchev–Trinajstić information content (AvgIpc) is 3.90. The van der Waals surface area contributed by atoms with Crippen molar-refractivity contribution in [3.8, 4) is 67.0 Å². The van der Waals surface area contributed by atoms with Crippen molar-refractivity contribution in [2.75, 3.05) is 0 Å². The van der Waals surface area contributed by atoms with Gasteiger partial charge in [-0.05, 0) is 154 Å². The molecule has 10 aromatic carbocycles. The standard InChI is InChI=1S/C71H56N4/c1-41-23-42(2)28-54(27-41)50-15-19-58-59-20-16-51(55-29-43(3)24-44(4)30-55)36-66(59)74(65(58)35-50)69-40-64(73-11)70(39-62(69)71-49(9)13-12-14-63(71)72-10)75-67-37-52(56-31-45(5)25-46(6)32-56)17-21-60(67)61-22-18-53(38-68(61)75)57-33-47(7)26-48(8)34-57/h12-40H,1-9H3. The van der Waals surface area contributed by atoms with Gasteiger partial charge in [-0.3, -0.25) is 0 Å². The van der Waals surface area contributed by atoms with Gasteiger partial charge in [0.1, 0.15) is 0 Å². The first kappa shape index (κ1) is 46.8. The van der Waals surface area contributed by atoms with Gasteiger partial charge in [-0.1, -0.05) is 190 Å². The second-order valence-corrected chi connectivity index (χ2v) is 21.2. The number of aryl methyl sites for hydroxylation is 9. The molecule has 75 heavy (non-hydrogen) atoms. The first-order valence-electron chi connectivity index (χ1n) is 25.8. The molecular formula is C71H56N4. The minimum absolute atomic E-state index is 0.505. The molecule has 0 amide bonds. The van der Waals surface area contributed by atoms with Crippen LogP contribution in [0.4, 0.5) is 11.4 Å². The molecule has 0 saturated carbocycles. The van der Waals surface area contributed by atoms with Crippen LogP contribution in [0.25, 0.3) is 120 Å². The van der Waals surface area contributed by atoms with Gasteiger partial charge in [0.05, 0.1) is 40.9 Å². The topological polar surface area (TPSA) is 18.6 Å². The Morgan fingerprint density at radius 3 is 0.933 bits per heavy atom. The summed E-state index contributed by atoms with van der Waals surface area (Å²) in [6.45, 7) is 37.2. The molecule has 0 spiro atoms. The molecule has 0 atom stereocenters. The van der Waals surface area contributed by atoms with Crippen LogP contribution in [0.5, 0.6) is 0 Å². The molecule has 0 aliphatic heterocycles. The van der Waals surface area contributed by atoms with Gasteiger partial charge in [0.2, 0.25) is 5.69 Å². The van der Waals surface area contributed by atoms with Crippen LogP contribution >= 0.6 is 0 Å². The Morgan fingerprint density at radius 2 is 0.613 bits per heavy atom. The minimum atomic E-state index is 0.505. The van der Waals surface area contributed by atoms with E-state index in [4.69, 9.17) is 6.57 Å². The van der Waals surface area contributed by atoms with E-state index in [0.29, 0.717) is 11.4 Å². The molecule has 12 rings (SSSR count). The van der Waals surface area contributed by atoms with Crippen molar-refractivity contribution in [3.63, 3.8) is 0 Å². The highest BCUT2D eigenvalue weighted by molar-refractivity contribution is 6.14. The van der Waals surface area contributed by atoms with E-state index >= 15 is 0 Å². The molecule has 2 aromatic heterocycles. The summed E-state index contributed by atoms with van der Waals surface area (Å²) >= 11 is 0. The zero-order valence-electron chi connectivity index (χ0n) is 44.0. The monoisotopic (exact) mass is 964 g/mol. The van der Waals surface area contributed by atoms with Crippen LogP contribution in [0.3, 0.4) is 0 Å². The summed E-state index contributed by atoms with van der Waals surface area (Å²) in [6.07, 6.45) is 0. The van der Waals surface area contributed by atoms with Gasteiger partial charge >= 0.3 is 0 Å². The number of benzene rings is 10. The third kappa shape index (κ3) is 8.17. The first-order valence-corrected chi connectivity index (χ1v) is 25.8. The number of hydrogen-bond donors (Lipinski definition) is 0. The fourth-order valence-electron chi connectivity index (χ4n) is 12.2. The van der Waals surface area contributed by atoms with Crippen molar-refractivity contribution < 1.29 is 0 Å². The van der Waals surface area contributed by atoms with Crippen molar-refractivity contribution in [2.24, 2.45) is 0 Å². The molecule has 0 N–H and O–H groups in total. The Hall–Kier alpha value is -9.22. The maximum absolute atomic E-state index is 9.22. The number of nitrogens with zero attached hydrogens (tertiary/aromatic N) is 4. The van der Waals surface area contributed by atoms with E-state index < -0.39 is 0 Å². The molecule has 2 heterocycles. The van der Waals surface area contributed by atoms with Crippen LogP contribution in [0.2, 0.25) is 0 Å². The summed E-state index contributed by atoms with van der Waals surface area (Å²) in [5.41, 5.74) is 28.1. The van der Waals surface area contributed by atoms with Crippen molar-refractivity contribution in [2.45, 2.75) is 62.3 Å². The molecule has 0 saturated heterocycles. The minimum Gasteiger partial charge on any atom is -0.319 e. The molecule has 0 aliphatic carbocycles. The molecule has 0 unspecified atom stereocenters. The summed E-state index contributed by atoms with van der Waals surface area (Å²) < 4.78 is 4.70. The van der Waals surface area contributed by atoms with Gasteiger partial charge in [0.25, 0.3) is 0 Å². The lowest BCUT2D eigenvalue weighted by atomic mass is 9.95. The average molecular weight is 965 g/mol. The molecule has 0 aliphatic rings. The van der Waals surface area contributed by atoms with Crippen LogP contribution in [0.1, 0.15) is 50.1 Å². The van der Waals surface area contributed by atoms with E-state index in [9.17, 15) is 6.57 Å². The van der Waals surface area contributed by atoms with Crippen molar-refractivity contribution in [1.82, 2.24) is 9.13 Å². The summed E-state index contributed by atoms with van der Waals surface area (Å²) in [4.78, 5) is 8.72. The first-order chi connectivity index (χ1) is 36.2. The van der Waals surface area contributed by atoms with Gasteiger partial charge in [-0.25, -0.2) is 9.69 Å². The van der Waals surface area contributed by atoms with E-state index in [2.05, 4.69) is 245 Å².